The molecule has 1 fully saturated rings. The lowest BCUT2D eigenvalue weighted by molar-refractivity contribution is -0.0453. The summed E-state index contributed by atoms with van der Waals surface area (Å²) in [5, 5.41) is 39.2. The van der Waals surface area contributed by atoms with E-state index >= 15 is 0 Å². The van der Waals surface area contributed by atoms with Gasteiger partial charge in [-0.2, -0.15) is 0 Å². The zero-order valence-electron chi connectivity index (χ0n) is 21.7. The summed E-state index contributed by atoms with van der Waals surface area (Å²) in [5.41, 5.74) is 3.35. The molecule has 4 aromatic rings. The molecule has 0 saturated carbocycles. The number of nitrogens with zero attached hydrogens (tertiary/aromatic N) is 2. The molecule has 39 heavy (non-hydrogen) atoms. The molecule has 0 amide bonds. The second-order valence-corrected chi connectivity index (χ2v) is 10.6. The first-order valence-electron chi connectivity index (χ1n) is 13.3. The van der Waals surface area contributed by atoms with E-state index in [2.05, 4.69) is 35.1 Å². The van der Waals surface area contributed by atoms with Gasteiger partial charge in [0.1, 0.15) is 12.2 Å². The van der Waals surface area contributed by atoms with Gasteiger partial charge in [-0.1, -0.05) is 54.6 Å². The van der Waals surface area contributed by atoms with Crippen LogP contribution in [0, 0.1) is 5.92 Å². The Morgan fingerprint density at radius 1 is 0.872 bits per heavy atom. The van der Waals surface area contributed by atoms with E-state index in [0.29, 0.717) is 17.7 Å². The number of phenolic OH excluding ortho intramolecular Hbond substituents is 3. The van der Waals surface area contributed by atoms with Crippen molar-refractivity contribution in [1.29, 1.82) is 0 Å². The summed E-state index contributed by atoms with van der Waals surface area (Å²) in [7, 11) is 2.19. The first-order chi connectivity index (χ1) is 18.9. The normalized spacial score (nSPS) is 27.3. The smallest absolute Gasteiger partial charge is 0.165 e. The molecule has 5 atom stereocenters. The highest BCUT2D eigenvalue weighted by molar-refractivity contribution is 5.77. The number of ether oxygens (including phenoxy) is 1. The number of benzene rings is 3. The molecule has 7 heteroatoms. The van der Waals surface area contributed by atoms with E-state index in [0.717, 1.165) is 24.9 Å². The van der Waals surface area contributed by atoms with Crippen molar-refractivity contribution in [3.63, 3.8) is 0 Å². The van der Waals surface area contributed by atoms with E-state index in [-0.39, 0.29) is 28.8 Å². The molecule has 3 heterocycles. The maximum Gasteiger partial charge on any atom is 0.165 e. The molecule has 0 radical (unpaired) electrons. The summed E-state index contributed by atoms with van der Waals surface area (Å²) in [6.07, 6.45) is 6.99. The number of pyridine rings is 1. The van der Waals surface area contributed by atoms with E-state index in [4.69, 9.17) is 14.9 Å². The summed E-state index contributed by atoms with van der Waals surface area (Å²) in [4.78, 5) is 6.61. The van der Waals surface area contributed by atoms with Crippen LogP contribution in [0.4, 0.5) is 0 Å². The zero-order valence-corrected chi connectivity index (χ0v) is 21.7. The van der Waals surface area contributed by atoms with Crippen molar-refractivity contribution in [2.24, 2.45) is 5.92 Å². The van der Waals surface area contributed by atoms with E-state index < -0.39 is 6.10 Å². The van der Waals surface area contributed by atoms with Crippen molar-refractivity contribution in [2.45, 2.75) is 36.5 Å². The van der Waals surface area contributed by atoms with Gasteiger partial charge in [0, 0.05) is 34.5 Å². The maximum atomic E-state index is 10.4. The number of aromatic hydroxyl groups is 3. The van der Waals surface area contributed by atoms with Crippen LogP contribution in [0.5, 0.6) is 23.0 Å². The minimum atomic E-state index is -0.594. The van der Waals surface area contributed by atoms with Crippen LogP contribution in [0.1, 0.15) is 17.5 Å². The number of piperidine rings is 1. The highest BCUT2D eigenvalue weighted by atomic mass is 16.5. The molecular formula is C32H32N2O5. The molecule has 2 aliphatic carbocycles. The topological polar surface area (TPSA) is 106 Å². The Kier molecular flexibility index (Phi) is 6.41. The average Bonchev–Trinajstić information content (AvgIpc) is 3.32. The predicted molar refractivity (Wildman–Crippen MR) is 149 cm³/mol. The van der Waals surface area contributed by atoms with Crippen LogP contribution in [0.3, 0.4) is 0 Å². The van der Waals surface area contributed by atoms with Crippen LogP contribution in [0.2, 0.25) is 0 Å². The number of aromatic nitrogens is 1. The molecule has 2 aliphatic heterocycles. The molecular weight excluding hydrogens is 492 g/mol. The lowest BCUT2D eigenvalue weighted by atomic mass is 9.53. The molecule has 2 bridgehead atoms. The summed E-state index contributed by atoms with van der Waals surface area (Å²) in [6.45, 7) is 1.01. The number of phenols is 3. The highest BCUT2D eigenvalue weighted by Gasteiger charge is 2.64. The first-order valence-corrected chi connectivity index (χ1v) is 13.3. The second-order valence-electron chi connectivity index (χ2n) is 10.6. The number of aliphatic hydroxyl groups is 1. The van der Waals surface area contributed by atoms with Crippen molar-refractivity contribution in [3.8, 4) is 23.0 Å². The Bertz CT molecular complexity index is 1450. The Hall–Kier alpha value is -4.07. The molecule has 3 aromatic carbocycles. The van der Waals surface area contributed by atoms with Crippen molar-refractivity contribution < 1.29 is 25.2 Å². The second kappa shape index (κ2) is 9.91. The Morgan fingerprint density at radius 3 is 2.33 bits per heavy atom. The van der Waals surface area contributed by atoms with Gasteiger partial charge in [-0.25, -0.2) is 0 Å². The third-order valence-electron chi connectivity index (χ3n) is 8.54. The largest absolute Gasteiger partial charge is 0.504 e. The number of hydrogen-bond acceptors (Lipinski definition) is 7. The molecule has 4 N–H and O–H groups in total. The molecule has 0 unspecified atom stereocenters. The van der Waals surface area contributed by atoms with Crippen molar-refractivity contribution in [3.05, 3.63) is 102 Å². The third kappa shape index (κ3) is 4.18. The summed E-state index contributed by atoms with van der Waals surface area (Å²) in [5.74, 6) is 1.04. The number of fused-ring (bicyclic) bond motifs is 1. The monoisotopic (exact) mass is 524 g/mol. The summed E-state index contributed by atoms with van der Waals surface area (Å²) >= 11 is 0. The lowest BCUT2D eigenvalue weighted by Gasteiger charge is -2.56. The van der Waals surface area contributed by atoms with Gasteiger partial charge < -0.3 is 30.1 Å². The van der Waals surface area contributed by atoms with Gasteiger partial charge in [-0.15, -0.1) is 0 Å². The fourth-order valence-corrected chi connectivity index (χ4v) is 6.72. The third-order valence-corrected chi connectivity index (χ3v) is 8.54. The van der Waals surface area contributed by atoms with Gasteiger partial charge in [0.25, 0.3) is 0 Å². The summed E-state index contributed by atoms with van der Waals surface area (Å²) in [6, 6.07) is 22.5. The van der Waals surface area contributed by atoms with Crippen LogP contribution < -0.4 is 4.74 Å². The van der Waals surface area contributed by atoms with Gasteiger partial charge in [0.05, 0.1) is 5.52 Å². The average molecular weight is 525 g/mol. The fraction of sp³-hybridized carbons (Fsp3) is 0.281. The van der Waals surface area contributed by atoms with E-state index in [1.807, 2.05) is 42.6 Å². The Labute approximate surface area is 227 Å². The Balaban J connectivity index is 0.000000127. The number of likely N-dealkylation sites (N-methyl/N-ethyl adjacent to an activating group) is 1. The minimum Gasteiger partial charge on any atom is -0.504 e. The number of para-hydroxylation sites is 3. The Morgan fingerprint density at radius 2 is 1.59 bits per heavy atom. The van der Waals surface area contributed by atoms with Gasteiger partial charge in [0.2, 0.25) is 0 Å². The number of rotatable bonds is 0. The quantitative estimate of drug-likeness (QED) is 0.198. The molecule has 1 aromatic heterocycles. The fourth-order valence-electron chi connectivity index (χ4n) is 6.72. The summed E-state index contributed by atoms with van der Waals surface area (Å²) < 4.78 is 6.09. The molecule has 7 nitrogen and oxygen atoms in total. The lowest BCUT2D eigenvalue weighted by Crippen LogP contribution is -2.64. The first kappa shape index (κ1) is 25.2. The zero-order chi connectivity index (χ0) is 27.1. The van der Waals surface area contributed by atoms with Gasteiger partial charge in [-0.05, 0) is 62.3 Å². The molecule has 4 aliphatic rings. The maximum absolute atomic E-state index is 10.4. The van der Waals surface area contributed by atoms with Crippen LogP contribution in [0.25, 0.3) is 10.9 Å². The van der Waals surface area contributed by atoms with Crippen molar-refractivity contribution >= 4 is 10.9 Å². The van der Waals surface area contributed by atoms with E-state index in [9.17, 15) is 10.2 Å². The SMILES string of the molecule is CN1CC[C@]23c4c5ccc(O)c4O[C@H]2[C@@H](O)C=C[C@H]3[C@H]1C5.Oc1ccccc1O.c1ccc2ncccc2c1. The van der Waals surface area contributed by atoms with Crippen molar-refractivity contribution in [2.75, 3.05) is 13.6 Å². The minimum absolute atomic E-state index is 0.0764. The molecule has 200 valence electrons. The van der Waals surface area contributed by atoms with Crippen LogP contribution in [-0.2, 0) is 11.8 Å². The number of likely N-dealkylation sites (tertiary alicyclic amines) is 1. The highest BCUT2D eigenvalue weighted by Crippen LogP contribution is 2.62. The number of hydrogen-bond donors (Lipinski definition) is 4. The van der Waals surface area contributed by atoms with E-state index in [1.54, 1.807) is 18.2 Å². The molecule has 1 spiro atoms. The van der Waals surface area contributed by atoms with Crippen LogP contribution >= 0.6 is 0 Å². The number of aliphatic hydroxyl groups excluding tert-OH is 1. The standard InChI is InChI=1S/C17H19NO3.C9H7N.C6H6O2/c1-18-7-6-17-10-3-5-13(20)16(17)21-15-12(19)4-2-9(14(15)17)8-11(10)18;1-2-6-9-8(4-1)5-3-7-10-9;7-5-3-1-2-4-6(5)8/h2-5,10-11,13,16,19-20H,6-8H2,1H3;1-7H;1-4,7-8H/t10-,11+,13-,16-,17-;;/m0../s1. The predicted octanol–water partition coefficient (Wildman–Crippen LogP) is 4.53. The van der Waals surface area contributed by atoms with Gasteiger partial charge >= 0.3 is 0 Å². The van der Waals surface area contributed by atoms with Crippen LogP contribution in [-0.4, -0.2) is 62.2 Å². The van der Waals surface area contributed by atoms with Gasteiger partial charge in [-0.3, -0.25) is 4.98 Å². The van der Waals surface area contributed by atoms with Crippen LogP contribution in [0.15, 0.2) is 91.1 Å². The van der Waals surface area contributed by atoms with E-state index in [1.165, 1.54) is 28.6 Å². The van der Waals surface area contributed by atoms with Gasteiger partial charge in [0.15, 0.2) is 23.0 Å². The molecule has 8 rings (SSSR count). The molecule has 1 saturated heterocycles. The van der Waals surface area contributed by atoms with Crippen molar-refractivity contribution in [1.82, 2.24) is 9.88 Å².